The monoisotopic (exact) mass is 377 g/mol. The largest absolute Gasteiger partial charge is 0.497 e. The van der Waals surface area contributed by atoms with Crippen LogP contribution >= 0.6 is 27.5 Å². The van der Waals surface area contributed by atoms with Crippen LogP contribution in [0.5, 0.6) is 11.5 Å². The number of rotatable bonds is 4. The minimum Gasteiger partial charge on any atom is -0.497 e. The Morgan fingerprint density at radius 1 is 1.20 bits per heavy atom. The molecule has 0 aliphatic heterocycles. The molecule has 1 heterocycles. The molecule has 20 heavy (non-hydrogen) atoms. The Labute approximate surface area is 129 Å². The zero-order chi connectivity index (χ0) is 14.8. The minimum atomic E-state index is -4.05. The number of benzene rings is 1. The molecule has 0 aliphatic carbocycles. The van der Waals surface area contributed by atoms with Crippen LogP contribution in [0.25, 0.3) is 0 Å². The third kappa shape index (κ3) is 3.41. The van der Waals surface area contributed by atoms with Crippen molar-refractivity contribution in [2.24, 2.45) is 0 Å². The Kier molecular flexibility index (Phi) is 4.52. The molecule has 0 radical (unpaired) electrons. The van der Waals surface area contributed by atoms with E-state index in [4.69, 9.17) is 20.5 Å². The van der Waals surface area contributed by atoms with Crippen LogP contribution in [-0.4, -0.2) is 20.5 Å². The summed E-state index contributed by atoms with van der Waals surface area (Å²) in [6.45, 7) is 0. The SMILES string of the molecule is COc1ccc(OS(=O)(=O)c2cc(Br)cnc2Cl)cc1. The first-order chi connectivity index (χ1) is 9.42. The quantitative estimate of drug-likeness (QED) is 0.603. The van der Waals surface area contributed by atoms with Gasteiger partial charge in [0.2, 0.25) is 0 Å². The van der Waals surface area contributed by atoms with Gasteiger partial charge in [0.05, 0.1) is 7.11 Å². The van der Waals surface area contributed by atoms with Gasteiger partial charge in [0.25, 0.3) is 0 Å². The van der Waals surface area contributed by atoms with Crippen molar-refractivity contribution in [1.29, 1.82) is 0 Å². The lowest BCUT2D eigenvalue weighted by molar-refractivity contribution is 0.413. The van der Waals surface area contributed by atoms with Gasteiger partial charge in [-0.05, 0) is 46.3 Å². The van der Waals surface area contributed by atoms with Crippen molar-refractivity contribution < 1.29 is 17.3 Å². The number of hydrogen-bond donors (Lipinski definition) is 0. The Balaban J connectivity index is 2.32. The molecule has 0 saturated heterocycles. The second-order valence-electron chi connectivity index (χ2n) is 3.66. The van der Waals surface area contributed by atoms with E-state index < -0.39 is 10.1 Å². The lowest BCUT2D eigenvalue weighted by atomic mass is 10.3. The van der Waals surface area contributed by atoms with Gasteiger partial charge >= 0.3 is 10.1 Å². The highest BCUT2D eigenvalue weighted by molar-refractivity contribution is 9.10. The van der Waals surface area contributed by atoms with Crippen LogP contribution in [0.3, 0.4) is 0 Å². The molecule has 0 aliphatic rings. The van der Waals surface area contributed by atoms with E-state index in [0.29, 0.717) is 10.2 Å². The second kappa shape index (κ2) is 5.99. The molecule has 0 amide bonds. The van der Waals surface area contributed by atoms with E-state index in [-0.39, 0.29) is 15.8 Å². The van der Waals surface area contributed by atoms with Crippen LogP contribution in [0.1, 0.15) is 0 Å². The lowest BCUT2D eigenvalue weighted by Crippen LogP contribution is -2.11. The minimum absolute atomic E-state index is 0.151. The van der Waals surface area contributed by atoms with E-state index >= 15 is 0 Å². The van der Waals surface area contributed by atoms with E-state index in [2.05, 4.69) is 20.9 Å². The molecule has 0 fully saturated rings. The van der Waals surface area contributed by atoms with Crippen LogP contribution in [0.2, 0.25) is 5.15 Å². The molecule has 5 nitrogen and oxygen atoms in total. The molecule has 2 aromatic rings. The average Bonchev–Trinajstić information content (AvgIpc) is 2.42. The number of ether oxygens (including phenoxy) is 1. The first-order valence-electron chi connectivity index (χ1n) is 5.32. The second-order valence-corrected chi connectivity index (χ2v) is 6.44. The molecule has 1 aromatic carbocycles. The Morgan fingerprint density at radius 3 is 2.40 bits per heavy atom. The summed E-state index contributed by atoms with van der Waals surface area (Å²) in [6, 6.07) is 7.47. The lowest BCUT2D eigenvalue weighted by Gasteiger charge is -2.08. The summed E-state index contributed by atoms with van der Waals surface area (Å²) in [7, 11) is -2.54. The molecule has 2 rings (SSSR count). The maximum atomic E-state index is 12.1. The summed E-state index contributed by atoms with van der Waals surface area (Å²) >= 11 is 8.92. The maximum Gasteiger partial charge on any atom is 0.342 e. The first kappa shape index (κ1) is 15.1. The molecule has 0 atom stereocenters. The third-order valence-corrected chi connectivity index (χ3v) is 4.42. The molecule has 0 spiro atoms. The number of nitrogens with zero attached hydrogens (tertiary/aromatic N) is 1. The summed E-state index contributed by atoms with van der Waals surface area (Å²) < 4.78 is 34.7. The predicted molar refractivity (Wildman–Crippen MR) is 77.8 cm³/mol. The molecule has 0 saturated carbocycles. The molecule has 106 valence electrons. The van der Waals surface area contributed by atoms with Crippen molar-refractivity contribution in [1.82, 2.24) is 4.98 Å². The van der Waals surface area contributed by atoms with Gasteiger partial charge in [-0.3, -0.25) is 0 Å². The average molecular weight is 379 g/mol. The normalized spacial score (nSPS) is 11.2. The van der Waals surface area contributed by atoms with E-state index in [1.54, 1.807) is 12.1 Å². The van der Waals surface area contributed by atoms with Gasteiger partial charge in [-0.25, -0.2) is 4.98 Å². The van der Waals surface area contributed by atoms with Crippen molar-refractivity contribution in [2.45, 2.75) is 4.90 Å². The third-order valence-electron chi connectivity index (χ3n) is 2.31. The molecule has 1 aromatic heterocycles. The van der Waals surface area contributed by atoms with Crippen LogP contribution in [-0.2, 0) is 10.1 Å². The number of methoxy groups -OCH3 is 1. The molecule has 0 N–H and O–H groups in total. The highest BCUT2D eigenvalue weighted by Crippen LogP contribution is 2.26. The van der Waals surface area contributed by atoms with Crippen LogP contribution in [0, 0.1) is 0 Å². The van der Waals surface area contributed by atoms with Crippen LogP contribution < -0.4 is 8.92 Å². The summed E-state index contributed by atoms with van der Waals surface area (Å²) in [5.74, 6) is 0.749. The first-order valence-corrected chi connectivity index (χ1v) is 7.90. The summed E-state index contributed by atoms with van der Waals surface area (Å²) in [6.07, 6.45) is 1.40. The van der Waals surface area contributed by atoms with Gasteiger partial charge in [-0.1, -0.05) is 11.6 Å². The van der Waals surface area contributed by atoms with Gasteiger partial charge in [-0.15, -0.1) is 0 Å². The maximum absolute atomic E-state index is 12.1. The zero-order valence-electron chi connectivity index (χ0n) is 10.2. The van der Waals surface area contributed by atoms with E-state index in [1.807, 2.05) is 0 Å². The smallest absolute Gasteiger partial charge is 0.342 e. The molecule has 8 heteroatoms. The molecule has 0 unspecified atom stereocenters. The van der Waals surface area contributed by atoms with Gasteiger partial charge in [0, 0.05) is 10.7 Å². The fourth-order valence-corrected chi connectivity index (χ4v) is 3.24. The molecular formula is C12H9BrClNO4S. The van der Waals surface area contributed by atoms with Crippen LogP contribution in [0.4, 0.5) is 0 Å². The standard InChI is InChI=1S/C12H9BrClNO4S/c1-18-9-2-4-10(5-3-9)19-20(16,17)11-6-8(13)7-15-12(11)14/h2-7H,1H3. The summed E-state index contributed by atoms with van der Waals surface area (Å²) in [5, 5.41) is -0.151. The van der Waals surface area contributed by atoms with Crippen molar-refractivity contribution in [3.63, 3.8) is 0 Å². The van der Waals surface area contributed by atoms with Crippen molar-refractivity contribution >= 4 is 37.6 Å². The number of hydrogen-bond acceptors (Lipinski definition) is 5. The molecule has 0 bridgehead atoms. The van der Waals surface area contributed by atoms with Gasteiger partial charge < -0.3 is 8.92 Å². The fraction of sp³-hybridized carbons (Fsp3) is 0.0833. The summed E-state index contributed by atoms with van der Waals surface area (Å²) in [5.41, 5.74) is 0. The molecular weight excluding hydrogens is 370 g/mol. The van der Waals surface area contributed by atoms with Crippen molar-refractivity contribution in [3.8, 4) is 11.5 Å². The van der Waals surface area contributed by atoms with Gasteiger partial charge in [0.1, 0.15) is 16.4 Å². The van der Waals surface area contributed by atoms with Crippen molar-refractivity contribution in [3.05, 3.63) is 46.2 Å². The highest BCUT2D eigenvalue weighted by Gasteiger charge is 2.21. The van der Waals surface area contributed by atoms with Crippen LogP contribution in [0.15, 0.2) is 45.9 Å². The predicted octanol–water partition coefficient (Wildman–Crippen LogP) is 3.27. The zero-order valence-corrected chi connectivity index (χ0v) is 13.4. The van der Waals surface area contributed by atoms with E-state index in [1.165, 1.54) is 31.5 Å². The summed E-state index contributed by atoms with van der Waals surface area (Å²) in [4.78, 5) is 3.55. The Hall–Kier alpha value is -1.31. The number of pyridine rings is 1. The Bertz CT molecular complexity index is 719. The number of halogens is 2. The number of aromatic nitrogens is 1. The van der Waals surface area contributed by atoms with E-state index in [9.17, 15) is 8.42 Å². The van der Waals surface area contributed by atoms with E-state index in [0.717, 1.165) is 0 Å². The topological polar surface area (TPSA) is 65.5 Å². The highest BCUT2D eigenvalue weighted by atomic mass is 79.9. The van der Waals surface area contributed by atoms with Crippen molar-refractivity contribution in [2.75, 3.05) is 7.11 Å². The fourth-order valence-electron chi connectivity index (χ4n) is 1.38. The van der Waals surface area contributed by atoms with Gasteiger partial charge in [-0.2, -0.15) is 8.42 Å². The van der Waals surface area contributed by atoms with Gasteiger partial charge in [0.15, 0.2) is 5.15 Å². The Morgan fingerprint density at radius 2 is 1.80 bits per heavy atom.